The number of carbonyl (C=O) groups is 1. The highest BCUT2D eigenvalue weighted by molar-refractivity contribution is 5.97. The largest absolute Gasteiger partial charge is 0.491 e. The van der Waals surface area contributed by atoms with Crippen molar-refractivity contribution in [1.29, 1.82) is 0 Å². The molecule has 0 aliphatic carbocycles. The fourth-order valence-corrected chi connectivity index (χ4v) is 1.68. The molecule has 0 amide bonds. The Morgan fingerprint density at radius 3 is 2.53 bits per heavy atom. The van der Waals surface area contributed by atoms with Crippen molar-refractivity contribution in [3.05, 3.63) is 54.1 Å². The van der Waals surface area contributed by atoms with Crippen molar-refractivity contribution in [3.8, 4) is 5.75 Å². The van der Waals surface area contributed by atoms with Crippen LogP contribution in [0.4, 0.5) is 0 Å². The molecule has 0 N–H and O–H groups in total. The first-order valence-corrected chi connectivity index (χ1v) is 6.20. The van der Waals surface area contributed by atoms with Crippen LogP contribution in [0, 0.1) is 0 Å². The second-order valence-electron chi connectivity index (χ2n) is 4.49. The van der Waals surface area contributed by atoms with Gasteiger partial charge in [0.1, 0.15) is 12.1 Å². The van der Waals surface area contributed by atoms with E-state index < -0.39 is 0 Å². The van der Waals surface area contributed by atoms with E-state index in [9.17, 15) is 4.79 Å². The number of benzene rings is 1. The van der Waals surface area contributed by atoms with E-state index in [2.05, 4.69) is 9.97 Å². The molecule has 0 spiro atoms. The zero-order valence-electron chi connectivity index (χ0n) is 11.0. The third kappa shape index (κ3) is 3.88. The van der Waals surface area contributed by atoms with Gasteiger partial charge in [0.2, 0.25) is 0 Å². The van der Waals surface area contributed by atoms with Crippen molar-refractivity contribution >= 4 is 5.78 Å². The normalized spacial score (nSPS) is 10.5. The van der Waals surface area contributed by atoms with Crippen LogP contribution in [-0.2, 0) is 6.42 Å². The highest BCUT2D eigenvalue weighted by atomic mass is 16.5. The van der Waals surface area contributed by atoms with E-state index in [-0.39, 0.29) is 18.3 Å². The monoisotopic (exact) mass is 256 g/mol. The Bertz CT molecular complexity index is 536. The van der Waals surface area contributed by atoms with E-state index in [4.69, 9.17) is 4.74 Å². The average Bonchev–Trinajstić information content (AvgIpc) is 2.40. The van der Waals surface area contributed by atoms with E-state index in [1.807, 2.05) is 26.0 Å². The van der Waals surface area contributed by atoms with Gasteiger partial charge in [-0.25, -0.2) is 9.97 Å². The first-order chi connectivity index (χ1) is 9.15. The van der Waals surface area contributed by atoms with E-state index in [1.54, 1.807) is 24.4 Å². The molecule has 0 aliphatic heterocycles. The number of aromatic nitrogens is 2. The van der Waals surface area contributed by atoms with Crippen molar-refractivity contribution in [2.24, 2.45) is 0 Å². The van der Waals surface area contributed by atoms with E-state index in [0.29, 0.717) is 5.56 Å². The third-order valence-electron chi connectivity index (χ3n) is 2.53. The number of ketones is 1. The minimum atomic E-state index is 0.0368. The number of Topliss-reactive ketones (excluding diaryl/α,β-unsaturated/α-hetero) is 1. The molecule has 0 saturated carbocycles. The summed E-state index contributed by atoms with van der Waals surface area (Å²) in [6.45, 7) is 3.93. The highest BCUT2D eigenvalue weighted by Gasteiger charge is 2.08. The molecule has 4 heteroatoms. The van der Waals surface area contributed by atoms with Crippen molar-refractivity contribution in [1.82, 2.24) is 9.97 Å². The minimum absolute atomic E-state index is 0.0368. The van der Waals surface area contributed by atoms with Gasteiger partial charge in [0, 0.05) is 11.8 Å². The van der Waals surface area contributed by atoms with Gasteiger partial charge < -0.3 is 4.74 Å². The second kappa shape index (κ2) is 6.09. The maximum atomic E-state index is 12.0. The number of ether oxygens (including phenoxy) is 1. The molecule has 2 rings (SSSR count). The predicted molar refractivity (Wildman–Crippen MR) is 72.3 cm³/mol. The fourth-order valence-electron chi connectivity index (χ4n) is 1.68. The summed E-state index contributed by atoms with van der Waals surface area (Å²) in [4.78, 5) is 19.9. The van der Waals surface area contributed by atoms with Crippen molar-refractivity contribution in [2.45, 2.75) is 26.4 Å². The van der Waals surface area contributed by atoms with Gasteiger partial charge >= 0.3 is 0 Å². The third-order valence-corrected chi connectivity index (χ3v) is 2.53. The maximum absolute atomic E-state index is 12.0. The van der Waals surface area contributed by atoms with Gasteiger partial charge in [-0.05, 0) is 44.2 Å². The molecule has 2 aromatic rings. The van der Waals surface area contributed by atoms with Gasteiger partial charge in [-0.15, -0.1) is 0 Å². The lowest BCUT2D eigenvalue weighted by molar-refractivity contribution is 0.0992. The number of carbonyl (C=O) groups excluding carboxylic acids is 1. The Kier molecular flexibility index (Phi) is 4.23. The molecule has 0 aliphatic rings. The Morgan fingerprint density at radius 1 is 1.21 bits per heavy atom. The predicted octanol–water partition coefficient (Wildman–Crippen LogP) is 2.69. The van der Waals surface area contributed by atoms with Crippen LogP contribution < -0.4 is 4.74 Å². The molecule has 0 radical (unpaired) electrons. The van der Waals surface area contributed by atoms with E-state index >= 15 is 0 Å². The van der Waals surface area contributed by atoms with Crippen LogP contribution in [0.2, 0.25) is 0 Å². The van der Waals surface area contributed by atoms with Crippen LogP contribution in [0.15, 0.2) is 42.9 Å². The lowest BCUT2D eigenvalue weighted by atomic mass is 10.1. The van der Waals surface area contributed by atoms with Gasteiger partial charge in [-0.3, -0.25) is 4.79 Å². The first kappa shape index (κ1) is 13.2. The number of hydrogen-bond acceptors (Lipinski definition) is 4. The van der Waals surface area contributed by atoms with Gasteiger partial charge in [-0.2, -0.15) is 0 Å². The smallest absolute Gasteiger partial charge is 0.168 e. The lowest BCUT2D eigenvalue weighted by Crippen LogP contribution is -2.07. The minimum Gasteiger partial charge on any atom is -0.491 e. The molecule has 98 valence electrons. The number of hydrogen-bond donors (Lipinski definition) is 0. The molecule has 1 aromatic heterocycles. The quantitative estimate of drug-likeness (QED) is 0.772. The molecule has 19 heavy (non-hydrogen) atoms. The highest BCUT2D eigenvalue weighted by Crippen LogP contribution is 2.15. The molecule has 1 heterocycles. The van der Waals surface area contributed by atoms with Crippen LogP contribution >= 0.6 is 0 Å². The lowest BCUT2D eigenvalue weighted by Gasteiger charge is -2.09. The average molecular weight is 256 g/mol. The molecule has 1 aromatic carbocycles. The van der Waals surface area contributed by atoms with Gasteiger partial charge in [-0.1, -0.05) is 0 Å². The standard InChI is InChI=1S/C15H16N2O2/c1-11(2)19-14-5-3-12(4-6-14)15(18)9-13-7-8-16-10-17-13/h3-8,10-11H,9H2,1-2H3. The molecule has 0 saturated heterocycles. The molecule has 4 nitrogen and oxygen atoms in total. The molecular weight excluding hydrogens is 240 g/mol. The Balaban J connectivity index is 2.04. The Hall–Kier alpha value is -2.23. The van der Waals surface area contributed by atoms with Crippen LogP contribution in [0.5, 0.6) is 5.75 Å². The SMILES string of the molecule is CC(C)Oc1ccc(C(=O)Cc2ccncn2)cc1. The molecule has 0 atom stereocenters. The second-order valence-corrected chi connectivity index (χ2v) is 4.49. The van der Waals surface area contributed by atoms with Gasteiger partial charge in [0.05, 0.1) is 18.2 Å². The summed E-state index contributed by atoms with van der Waals surface area (Å²) in [6.07, 6.45) is 3.49. The first-order valence-electron chi connectivity index (χ1n) is 6.20. The molecule has 0 fully saturated rings. The number of nitrogens with zero attached hydrogens (tertiary/aromatic N) is 2. The fraction of sp³-hybridized carbons (Fsp3) is 0.267. The molecule has 0 unspecified atom stereocenters. The van der Waals surface area contributed by atoms with Gasteiger partial charge in [0.15, 0.2) is 5.78 Å². The van der Waals surface area contributed by atoms with Crippen LogP contribution in [0.3, 0.4) is 0 Å². The summed E-state index contributed by atoms with van der Waals surface area (Å²) in [5.41, 5.74) is 1.39. The van der Waals surface area contributed by atoms with E-state index in [1.165, 1.54) is 6.33 Å². The summed E-state index contributed by atoms with van der Waals surface area (Å²) >= 11 is 0. The molecular formula is C15H16N2O2. The summed E-state index contributed by atoms with van der Waals surface area (Å²) in [5.74, 6) is 0.809. The van der Waals surface area contributed by atoms with Crippen molar-refractivity contribution in [2.75, 3.05) is 0 Å². The topological polar surface area (TPSA) is 52.1 Å². The number of rotatable bonds is 5. The van der Waals surface area contributed by atoms with Crippen LogP contribution in [-0.4, -0.2) is 21.9 Å². The zero-order valence-corrected chi connectivity index (χ0v) is 11.0. The zero-order chi connectivity index (χ0) is 13.7. The van der Waals surface area contributed by atoms with Gasteiger partial charge in [0.25, 0.3) is 0 Å². The molecule has 0 bridgehead atoms. The maximum Gasteiger partial charge on any atom is 0.168 e. The summed E-state index contributed by atoms with van der Waals surface area (Å²) in [6, 6.07) is 8.93. The summed E-state index contributed by atoms with van der Waals surface area (Å²) in [5, 5.41) is 0. The summed E-state index contributed by atoms with van der Waals surface area (Å²) in [7, 11) is 0. The van der Waals surface area contributed by atoms with Crippen LogP contribution in [0.1, 0.15) is 29.9 Å². The Morgan fingerprint density at radius 2 is 1.95 bits per heavy atom. The van der Waals surface area contributed by atoms with Crippen LogP contribution in [0.25, 0.3) is 0 Å². The van der Waals surface area contributed by atoms with Crippen molar-refractivity contribution in [3.63, 3.8) is 0 Å². The Labute approximate surface area is 112 Å². The summed E-state index contributed by atoms with van der Waals surface area (Å²) < 4.78 is 5.54. The van der Waals surface area contributed by atoms with E-state index in [0.717, 1.165) is 11.4 Å². The van der Waals surface area contributed by atoms with Crippen molar-refractivity contribution < 1.29 is 9.53 Å².